The summed E-state index contributed by atoms with van der Waals surface area (Å²) in [6.45, 7) is 6.60. The number of nitrogens with zero attached hydrogens (tertiary/aromatic N) is 4. The van der Waals surface area contributed by atoms with E-state index in [1.165, 1.54) is 6.20 Å². The number of aromatic nitrogens is 3. The second kappa shape index (κ2) is 8.71. The molecule has 2 N–H and O–H groups in total. The van der Waals surface area contributed by atoms with Gasteiger partial charge >= 0.3 is 0 Å². The highest BCUT2D eigenvalue weighted by atomic mass is 35.5. The minimum Gasteiger partial charge on any atom is -0.395 e. The molecular formula is C22H26ClN5O2. The number of anilines is 1. The number of amides is 1. The molecule has 0 saturated carbocycles. The molecule has 1 saturated heterocycles. The largest absolute Gasteiger partial charge is 0.395 e. The van der Waals surface area contributed by atoms with Gasteiger partial charge in [0.2, 0.25) is 0 Å². The molecule has 1 amide bonds. The van der Waals surface area contributed by atoms with Crippen LogP contribution in [-0.4, -0.2) is 56.9 Å². The number of benzene rings is 1. The number of pyridine rings is 1. The Hall–Kier alpha value is -2.48. The van der Waals surface area contributed by atoms with Gasteiger partial charge in [-0.2, -0.15) is 5.10 Å². The number of carbonyl (C=O) groups is 1. The molecule has 0 radical (unpaired) electrons. The fraction of sp³-hybridized carbons (Fsp3) is 0.409. The Labute approximate surface area is 180 Å². The number of carbonyl (C=O) groups excluding carboxylic acids is 1. The van der Waals surface area contributed by atoms with Crippen molar-refractivity contribution >= 4 is 34.2 Å². The van der Waals surface area contributed by atoms with E-state index >= 15 is 0 Å². The van der Waals surface area contributed by atoms with Crippen molar-refractivity contribution in [3.63, 3.8) is 0 Å². The lowest BCUT2D eigenvalue weighted by atomic mass is 10.1. The third kappa shape index (κ3) is 4.05. The van der Waals surface area contributed by atoms with Crippen LogP contribution in [0.15, 0.2) is 30.5 Å². The summed E-state index contributed by atoms with van der Waals surface area (Å²) in [6, 6.07) is 7.84. The van der Waals surface area contributed by atoms with Gasteiger partial charge in [-0.3, -0.25) is 4.79 Å². The Balaban J connectivity index is 1.59. The molecule has 1 fully saturated rings. The Kier molecular flexibility index (Phi) is 6.04. The smallest absolute Gasteiger partial charge is 0.258 e. The number of rotatable bonds is 5. The summed E-state index contributed by atoms with van der Waals surface area (Å²) in [5.74, 6) is -0.289. The number of aliphatic hydroxyl groups excluding tert-OH is 1. The number of hydrogen-bond donors (Lipinski definition) is 2. The van der Waals surface area contributed by atoms with Gasteiger partial charge in [0.1, 0.15) is 0 Å². The van der Waals surface area contributed by atoms with Crippen molar-refractivity contribution in [1.29, 1.82) is 0 Å². The molecule has 3 aromatic rings. The molecule has 30 heavy (non-hydrogen) atoms. The van der Waals surface area contributed by atoms with Gasteiger partial charge in [0.25, 0.3) is 5.91 Å². The number of hydrogen-bond acceptors (Lipinski definition) is 5. The van der Waals surface area contributed by atoms with Crippen molar-refractivity contribution in [2.75, 3.05) is 31.6 Å². The van der Waals surface area contributed by atoms with Gasteiger partial charge in [-0.05, 0) is 38.8 Å². The lowest BCUT2D eigenvalue weighted by Gasteiger charge is -2.31. The van der Waals surface area contributed by atoms with Crippen LogP contribution in [-0.2, 0) is 0 Å². The maximum absolute atomic E-state index is 12.8. The Morgan fingerprint density at radius 3 is 2.60 bits per heavy atom. The van der Waals surface area contributed by atoms with E-state index in [1.54, 1.807) is 0 Å². The topological polar surface area (TPSA) is 83.3 Å². The van der Waals surface area contributed by atoms with Gasteiger partial charge in [-0.15, -0.1) is 0 Å². The van der Waals surface area contributed by atoms with Crippen LogP contribution in [0.4, 0.5) is 5.69 Å². The number of aryl methyl sites for hydroxylation is 2. The fourth-order valence-corrected chi connectivity index (χ4v) is 4.37. The lowest BCUT2D eigenvalue weighted by Crippen LogP contribution is -2.36. The first-order valence-corrected chi connectivity index (χ1v) is 10.6. The van der Waals surface area contributed by atoms with E-state index in [4.69, 9.17) is 21.8 Å². The predicted octanol–water partition coefficient (Wildman–Crippen LogP) is 3.58. The van der Waals surface area contributed by atoms with Crippen molar-refractivity contribution in [3.8, 4) is 0 Å². The first kappa shape index (κ1) is 20.8. The standard InChI is InChI=1S/C22H26ClN5O2/c1-14-3-5-16(6-4-14)25-22(30)18-13-24-21-19(20(18)23)15(2)26-28(21)17-7-9-27(10-8-17)11-12-29/h3-6,13,17,29H,7-12H2,1-2H3,(H,25,30). The number of β-amino-alcohol motifs (C(OH)–C–C–N with tert-alkyl or cyclic N) is 1. The number of fused-ring (bicyclic) bond motifs is 1. The normalized spacial score (nSPS) is 15.6. The first-order chi connectivity index (χ1) is 14.5. The molecule has 0 aliphatic carbocycles. The van der Waals surface area contributed by atoms with Crippen molar-refractivity contribution in [2.45, 2.75) is 32.7 Å². The zero-order valence-corrected chi connectivity index (χ0v) is 18.0. The van der Waals surface area contributed by atoms with E-state index in [9.17, 15) is 4.79 Å². The molecule has 4 rings (SSSR count). The highest BCUT2D eigenvalue weighted by Gasteiger charge is 2.26. The highest BCUT2D eigenvalue weighted by Crippen LogP contribution is 2.32. The predicted molar refractivity (Wildman–Crippen MR) is 118 cm³/mol. The maximum atomic E-state index is 12.8. The van der Waals surface area contributed by atoms with Crippen molar-refractivity contribution in [2.24, 2.45) is 0 Å². The van der Waals surface area contributed by atoms with Crippen LogP contribution >= 0.6 is 11.6 Å². The zero-order chi connectivity index (χ0) is 21.3. The van der Waals surface area contributed by atoms with E-state index < -0.39 is 0 Å². The van der Waals surface area contributed by atoms with Crippen LogP contribution in [0.5, 0.6) is 0 Å². The molecule has 1 aliphatic rings. The van der Waals surface area contributed by atoms with Crippen LogP contribution in [0.1, 0.15) is 40.5 Å². The van der Waals surface area contributed by atoms with E-state index in [1.807, 2.05) is 42.8 Å². The molecule has 0 unspecified atom stereocenters. The van der Waals surface area contributed by atoms with Crippen molar-refractivity contribution < 1.29 is 9.90 Å². The second-order valence-electron chi connectivity index (χ2n) is 7.83. The van der Waals surface area contributed by atoms with Gasteiger partial charge in [-0.25, -0.2) is 9.67 Å². The average Bonchev–Trinajstić information content (AvgIpc) is 3.08. The Morgan fingerprint density at radius 1 is 1.23 bits per heavy atom. The van der Waals surface area contributed by atoms with Crippen molar-refractivity contribution in [1.82, 2.24) is 19.7 Å². The third-order valence-electron chi connectivity index (χ3n) is 5.71. The molecule has 2 aromatic heterocycles. The molecule has 158 valence electrons. The Morgan fingerprint density at radius 2 is 1.93 bits per heavy atom. The van der Waals surface area contributed by atoms with Gasteiger partial charge in [0, 0.05) is 31.5 Å². The van der Waals surface area contributed by atoms with Crippen molar-refractivity contribution in [3.05, 3.63) is 52.3 Å². The van der Waals surface area contributed by atoms with Gasteiger partial charge in [0.15, 0.2) is 5.65 Å². The van der Waals surface area contributed by atoms with Gasteiger partial charge < -0.3 is 15.3 Å². The number of aliphatic hydroxyl groups is 1. The molecule has 8 heteroatoms. The SMILES string of the molecule is Cc1ccc(NC(=O)c2cnc3c(c(C)nn3C3CCN(CCO)CC3)c2Cl)cc1. The minimum atomic E-state index is -0.289. The molecule has 7 nitrogen and oxygen atoms in total. The summed E-state index contributed by atoms with van der Waals surface area (Å²) in [7, 11) is 0. The number of likely N-dealkylation sites (tertiary alicyclic amines) is 1. The molecule has 1 aliphatic heterocycles. The second-order valence-corrected chi connectivity index (χ2v) is 8.21. The monoisotopic (exact) mass is 427 g/mol. The van der Waals surface area contributed by atoms with Crippen LogP contribution in [0, 0.1) is 13.8 Å². The highest BCUT2D eigenvalue weighted by molar-refractivity contribution is 6.39. The number of piperidine rings is 1. The van der Waals surface area contributed by atoms with Crippen LogP contribution in [0.2, 0.25) is 5.02 Å². The minimum absolute atomic E-state index is 0.180. The van der Waals surface area contributed by atoms with E-state index in [0.29, 0.717) is 28.5 Å². The quantitative estimate of drug-likeness (QED) is 0.650. The van der Waals surface area contributed by atoms with Crippen LogP contribution < -0.4 is 5.32 Å². The first-order valence-electron chi connectivity index (χ1n) is 10.2. The van der Waals surface area contributed by atoms with Gasteiger partial charge in [-0.1, -0.05) is 29.3 Å². The molecule has 1 aromatic carbocycles. The van der Waals surface area contributed by atoms with E-state index in [-0.39, 0.29) is 18.6 Å². The zero-order valence-electron chi connectivity index (χ0n) is 17.2. The summed E-state index contributed by atoms with van der Waals surface area (Å²) < 4.78 is 1.95. The average molecular weight is 428 g/mol. The third-order valence-corrected chi connectivity index (χ3v) is 6.10. The summed E-state index contributed by atoms with van der Waals surface area (Å²) >= 11 is 6.66. The number of halogens is 1. The van der Waals surface area contributed by atoms with Crippen LogP contribution in [0.25, 0.3) is 11.0 Å². The molecule has 0 spiro atoms. The summed E-state index contributed by atoms with van der Waals surface area (Å²) in [6.07, 6.45) is 3.41. The molecule has 0 atom stereocenters. The molecular weight excluding hydrogens is 402 g/mol. The molecule has 3 heterocycles. The molecule has 0 bridgehead atoms. The summed E-state index contributed by atoms with van der Waals surface area (Å²) in [4.78, 5) is 19.6. The maximum Gasteiger partial charge on any atom is 0.258 e. The van der Waals surface area contributed by atoms with E-state index in [0.717, 1.165) is 42.6 Å². The summed E-state index contributed by atoms with van der Waals surface area (Å²) in [5, 5.41) is 17.8. The number of nitrogens with one attached hydrogen (secondary N) is 1. The van der Waals surface area contributed by atoms with Crippen LogP contribution in [0.3, 0.4) is 0 Å². The van der Waals surface area contributed by atoms with Gasteiger partial charge in [0.05, 0.1) is 34.3 Å². The fourth-order valence-electron chi connectivity index (χ4n) is 4.01. The summed E-state index contributed by atoms with van der Waals surface area (Å²) in [5.41, 5.74) is 3.66. The lowest BCUT2D eigenvalue weighted by molar-refractivity contribution is 0.102. The Bertz CT molecular complexity index is 1060. The van der Waals surface area contributed by atoms with E-state index in [2.05, 4.69) is 15.2 Å².